The number of benzene rings is 2. The second kappa shape index (κ2) is 6.08. The van der Waals surface area contributed by atoms with Gasteiger partial charge >= 0.3 is 0 Å². The summed E-state index contributed by atoms with van der Waals surface area (Å²) in [5.41, 5.74) is 1.81. The van der Waals surface area contributed by atoms with Gasteiger partial charge in [-0.05, 0) is 23.3 Å². The summed E-state index contributed by atoms with van der Waals surface area (Å²) in [6, 6.07) is 17.0. The summed E-state index contributed by atoms with van der Waals surface area (Å²) < 4.78 is 0. The van der Waals surface area contributed by atoms with Gasteiger partial charge in [0.15, 0.2) is 5.82 Å². The second-order valence-electron chi connectivity index (χ2n) is 4.76. The summed E-state index contributed by atoms with van der Waals surface area (Å²) >= 11 is 5.93. The lowest BCUT2D eigenvalue weighted by Gasteiger charge is -2.06. The van der Waals surface area contributed by atoms with Crippen molar-refractivity contribution in [3.05, 3.63) is 82.4 Å². The highest BCUT2D eigenvalue weighted by Gasteiger charge is 2.16. The van der Waals surface area contributed by atoms with Crippen LogP contribution in [-0.4, -0.2) is 20.3 Å². The zero-order chi connectivity index (χ0) is 14.7. The van der Waals surface area contributed by atoms with Crippen LogP contribution in [0.2, 0.25) is 5.02 Å². The summed E-state index contributed by atoms with van der Waals surface area (Å²) in [6.07, 6.45) is -0.236. The van der Waals surface area contributed by atoms with E-state index in [4.69, 9.17) is 11.6 Å². The van der Waals surface area contributed by atoms with Gasteiger partial charge in [-0.15, -0.1) is 0 Å². The fourth-order valence-electron chi connectivity index (χ4n) is 2.13. The minimum Gasteiger partial charge on any atom is -0.380 e. The van der Waals surface area contributed by atoms with Gasteiger partial charge in [0.2, 0.25) is 0 Å². The molecule has 0 aliphatic heterocycles. The van der Waals surface area contributed by atoms with Crippen LogP contribution in [0.3, 0.4) is 0 Å². The lowest BCUT2D eigenvalue weighted by Crippen LogP contribution is -2.02. The zero-order valence-corrected chi connectivity index (χ0v) is 12.0. The number of H-pyrrole nitrogens is 1. The van der Waals surface area contributed by atoms with Crippen LogP contribution in [0.5, 0.6) is 0 Å². The summed E-state index contributed by atoms with van der Waals surface area (Å²) in [6.45, 7) is 0. The average Bonchev–Trinajstić information content (AvgIpc) is 2.96. The van der Waals surface area contributed by atoms with E-state index in [1.165, 1.54) is 0 Å². The highest BCUT2D eigenvalue weighted by Crippen LogP contribution is 2.22. The minimum atomic E-state index is -0.885. The number of nitrogens with one attached hydrogen (secondary N) is 1. The fourth-order valence-corrected chi connectivity index (χ4v) is 2.33. The normalized spacial score (nSPS) is 12.3. The average molecular weight is 300 g/mol. The molecule has 0 aliphatic rings. The maximum Gasteiger partial charge on any atom is 0.183 e. The predicted molar refractivity (Wildman–Crippen MR) is 81.1 cm³/mol. The van der Waals surface area contributed by atoms with E-state index in [0.29, 0.717) is 22.8 Å². The van der Waals surface area contributed by atoms with Crippen LogP contribution in [-0.2, 0) is 6.42 Å². The van der Waals surface area contributed by atoms with Crippen molar-refractivity contribution in [1.29, 1.82) is 0 Å². The number of rotatable bonds is 4. The molecular weight excluding hydrogens is 286 g/mol. The quantitative estimate of drug-likeness (QED) is 0.778. The van der Waals surface area contributed by atoms with E-state index in [2.05, 4.69) is 15.2 Å². The third kappa shape index (κ3) is 3.29. The maximum absolute atomic E-state index is 10.3. The highest BCUT2D eigenvalue weighted by atomic mass is 35.5. The molecule has 5 heteroatoms. The lowest BCUT2D eigenvalue weighted by atomic mass is 10.1. The van der Waals surface area contributed by atoms with Gasteiger partial charge in [0.1, 0.15) is 11.9 Å². The first kappa shape index (κ1) is 13.8. The van der Waals surface area contributed by atoms with Crippen molar-refractivity contribution >= 4 is 11.6 Å². The Hall–Kier alpha value is -2.17. The predicted octanol–water partition coefficient (Wildman–Crippen LogP) is 3.13. The Bertz CT molecular complexity index is 727. The molecule has 0 radical (unpaired) electrons. The molecule has 1 aromatic heterocycles. The molecule has 0 amide bonds. The Labute approximate surface area is 127 Å². The third-order valence-corrected chi connectivity index (χ3v) is 3.41. The third-order valence-electron chi connectivity index (χ3n) is 3.17. The molecule has 0 fully saturated rings. The smallest absolute Gasteiger partial charge is 0.183 e. The minimum absolute atomic E-state index is 0.350. The molecule has 0 spiro atoms. The van der Waals surface area contributed by atoms with E-state index in [0.717, 1.165) is 11.4 Å². The molecule has 1 atom stereocenters. The molecule has 21 heavy (non-hydrogen) atoms. The van der Waals surface area contributed by atoms with Crippen molar-refractivity contribution < 1.29 is 5.11 Å². The van der Waals surface area contributed by atoms with E-state index < -0.39 is 6.10 Å². The molecule has 0 unspecified atom stereocenters. The first-order valence-corrected chi connectivity index (χ1v) is 6.99. The maximum atomic E-state index is 10.3. The Kier molecular flexibility index (Phi) is 3.99. The Morgan fingerprint density at radius 2 is 1.90 bits per heavy atom. The first-order chi connectivity index (χ1) is 10.2. The van der Waals surface area contributed by atoms with Gasteiger partial charge < -0.3 is 5.11 Å². The van der Waals surface area contributed by atoms with E-state index >= 15 is 0 Å². The van der Waals surface area contributed by atoms with Crippen LogP contribution in [0.4, 0.5) is 0 Å². The number of aromatic nitrogens is 3. The number of aliphatic hydroxyl groups excluding tert-OH is 1. The molecular formula is C16H14ClN3O. The Morgan fingerprint density at radius 3 is 2.67 bits per heavy atom. The van der Waals surface area contributed by atoms with Crippen molar-refractivity contribution in [3.8, 4) is 0 Å². The van der Waals surface area contributed by atoms with Crippen LogP contribution >= 0.6 is 11.6 Å². The number of nitrogens with zero attached hydrogens (tertiary/aromatic N) is 2. The van der Waals surface area contributed by atoms with Crippen LogP contribution < -0.4 is 0 Å². The van der Waals surface area contributed by atoms with Crippen LogP contribution in [0.1, 0.15) is 28.9 Å². The van der Waals surface area contributed by atoms with Gasteiger partial charge in [-0.3, -0.25) is 5.10 Å². The SMILES string of the molecule is O[C@H](c1cccc(Cl)c1)c1n[nH]c(Cc2ccccc2)n1. The Morgan fingerprint density at radius 1 is 1.10 bits per heavy atom. The molecule has 0 aliphatic carbocycles. The molecule has 106 valence electrons. The van der Waals surface area contributed by atoms with Gasteiger partial charge in [0.05, 0.1) is 0 Å². The van der Waals surface area contributed by atoms with Gasteiger partial charge in [-0.25, -0.2) is 4.98 Å². The number of hydrogen-bond acceptors (Lipinski definition) is 3. The van der Waals surface area contributed by atoms with Gasteiger partial charge in [0, 0.05) is 11.4 Å². The molecule has 0 saturated carbocycles. The molecule has 2 aromatic carbocycles. The monoisotopic (exact) mass is 299 g/mol. The van der Waals surface area contributed by atoms with Crippen molar-refractivity contribution in [2.45, 2.75) is 12.5 Å². The Balaban J connectivity index is 1.78. The van der Waals surface area contributed by atoms with Crippen molar-refractivity contribution in [2.24, 2.45) is 0 Å². The van der Waals surface area contributed by atoms with Gasteiger partial charge in [0.25, 0.3) is 0 Å². The summed E-state index contributed by atoms with van der Waals surface area (Å²) in [5.74, 6) is 1.07. The van der Waals surface area contributed by atoms with Gasteiger partial charge in [-0.1, -0.05) is 54.1 Å². The van der Waals surface area contributed by atoms with Crippen molar-refractivity contribution in [1.82, 2.24) is 15.2 Å². The molecule has 0 bridgehead atoms. The number of aromatic amines is 1. The van der Waals surface area contributed by atoms with Crippen molar-refractivity contribution in [3.63, 3.8) is 0 Å². The lowest BCUT2D eigenvalue weighted by molar-refractivity contribution is 0.210. The van der Waals surface area contributed by atoms with Crippen molar-refractivity contribution in [2.75, 3.05) is 0 Å². The van der Waals surface area contributed by atoms with E-state index in [9.17, 15) is 5.11 Å². The standard InChI is InChI=1S/C16H14ClN3O/c17-13-8-4-7-12(10-13)15(21)16-18-14(19-20-16)9-11-5-2-1-3-6-11/h1-8,10,15,21H,9H2,(H,18,19,20)/t15-/m1/s1. The summed E-state index contributed by atoms with van der Waals surface area (Å²) in [7, 11) is 0. The van der Waals surface area contributed by atoms with E-state index in [1.807, 2.05) is 30.3 Å². The largest absolute Gasteiger partial charge is 0.380 e. The van der Waals surface area contributed by atoms with E-state index in [1.54, 1.807) is 24.3 Å². The molecule has 3 rings (SSSR count). The van der Waals surface area contributed by atoms with Crippen LogP contribution in [0.15, 0.2) is 54.6 Å². The summed E-state index contributed by atoms with van der Waals surface area (Å²) in [4.78, 5) is 4.35. The van der Waals surface area contributed by atoms with Crippen LogP contribution in [0, 0.1) is 0 Å². The van der Waals surface area contributed by atoms with Crippen LogP contribution in [0.25, 0.3) is 0 Å². The highest BCUT2D eigenvalue weighted by molar-refractivity contribution is 6.30. The molecule has 0 saturated heterocycles. The first-order valence-electron chi connectivity index (χ1n) is 6.61. The molecule has 1 heterocycles. The molecule has 2 N–H and O–H groups in total. The summed E-state index contributed by atoms with van der Waals surface area (Å²) in [5, 5.41) is 17.8. The topological polar surface area (TPSA) is 61.8 Å². The molecule has 3 aromatic rings. The zero-order valence-electron chi connectivity index (χ0n) is 11.2. The number of hydrogen-bond donors (Lipinski definition) is 2. The van der Waals surface area contributed by atoms with Gasteiger partial charge in [-0.2, -0.15) is 5.10 Å². The second-order valence-corrected chi connectivity index (χ2v) is 5.20. The molecule has 4 nitrogen and oxygen atoms in total. The fraction of sp³-hybridized carbons (Fsp3) is 0.125. The number of halogens is 1. The van der Waals surface area contributed by atoms with E-state index in [-0.39, 0.29) is 0 Å². The number of aliphatic hydroxyl groups is 1.